The van der Waals surface area contributed by atoms with E-state index in [1.807, 2.05) is 20.8 Å². The Bertz CT molecular complexity index is 967. The number of ether oxygens (including phenoxy) is 1. The number of phenolic OH excluding ortho intramolecular Hbond substituents is 1. The largest absolute Gasteiger partial charge is 0.507 e. The van der Waals surface area contributed by atoms with E-state index in [1.165, 1.54) is 6.92 Å². The van der Waals surface area contributed by atoms with Crippen molar-refractivity contribution in [2.45, 2.75) is 47.0 Å². The summed E-state index contributed by atoms with van der Waals surface area (Å²) in [6, 6.07) is 6.83. The first kappa shape index (κ1) is 24.2. The second-order valence-corrected chi connectivity index (χ2v) is 9.36. The maximum atomic E-state index is 12.5. The van der Waals surface area contributed by atoms with E-state index in [-0.39, 0.29) is 18.1 Å². The quantitative estimate of drug-likeness (QED) is 0.343. The first-order valence-electron chi connectivity index (χ1n) is 9.46. The lowest BCUT2D eigenvalue weighted by atomic mass is 9.86. The number of amides is 1. The van der Waals surface area contributed by atoms with Gasteiger partial charge in [0.05, 0.1) is 8.95 Å². The number of phenols is 1. The third-order valence-corrected chi connectivity index (χ3v) is 6.26. The number of hydrogen-bond acceptors (Lipinski definition) is 4. The molecule has 0 saturated heterocycles. The van der Waals surface area contributed by atoms with Gasteiger partial charge in [0, 0.05) is 11.3 Å². The molecule has 0 aliphatic heterocycles. The Balaban J connectivity index is 2.34. The fourth-order valence-corrected chi connectivity index (χ4v) is 4.15. The summed E-state index contributed by atoms with van der Waals surface area (Å²) < 4.78 is 7.18. The van der Waals surface area contributed by atoms with Crippen LogP contribution in [-0.4, -0.2) is 22.1 Å². The molecule has 6 nitrogen and oxygen atoms in total. The second kappa shape index (κ2) is 9.39. The lowest BCUT2D eigenvalue weighted by Crippen LogP contribution is -2.40. The van der Waals surface area contributed by atoms with Crippen LogP contribution in [0, 0.1) is 12.3 Å². The minimum absolute atomic E-state index is 0.124. The molecule has 0 aromatic heterocycles. The van der Waals surface area contributed by atoms with Gasteiger partial charge < -0.3 is 20.3 Å². The summed E-state index contributed by atoms with van der Waals surface area (Å²) in [5.74, 6) is -0.337. The van der Waals surface area contributed by atoms with Gasteiger partial charge in [-0.1, -0.05) is 20.8 Å². The minimum Gasteiger partial charge on any atom is -0.507 e. The summed E-state index contributed by atoms with van der Waals surface area (Å²) >= 11 is 6.90. The average molecular weight is 543 g/mol. The topological polar surface area (TPSA) is 95.9 Å². The molecule has 162 valence electrons. The first-order valence-corrected chi connectivity index (χ1v) is 11.0. The number of benzene rings is 2. The Kier molecular flexibility index (Phi) is 7.58. The highest BCUT2D eigenvalue weighted by molar-refractivity contribution is 9.11. The van der Waals surface area contributed by atoms with Crippen molar-refractivity contribution in [3.8, 4) is 17.2 Å². The van der Waals surface area contributed by atoms with E-state index in [1.54, 1.807) is 31.2 Å². The molecule has 1 atom stereocenters. The fourth-order valence-electron chi connectivity index (χ4n) is 2.80. The van der Waals surface area contributed by atoms with Crippen molar-refractivity contribution in [3.05, 3.63) is 44.3 Å². The van der Waals surface area contributed by atoms with Gasteiger partial charge in [0.2, 0.25) is 5.91 Å². The van der Waals surface area contributed by atoms with Crippen LogP contribution in [0.3, 0.4) is 0 Å². The van der Waals surface area contributed by atoms with Crippen molar-refractivity contribution >= 4 is 49.4 Å². The van der Waals surface area contributed by atoms with Crippen LogP contribution in [-0.2, 0) is 9.59 Å². The number of anilines is 1. The number of carboxylic acid groups (broad SMARTS) is 1. The molecular weight excluding hydrogens is 518 g/mol. The second-order valence-electron chi connectivity index (χ2n) is 7.65. The van der Waals surface area contributed by atoms with E-state index in [0.717, 1.165) is 5.56 Å². The van der Waals surface area contributed by atoms with Crippen LogP contribution in [0.1, 0.15) is 51.2 Å². The highest BCUT2D eigenvalue weighted by Crippen LogP contribution is 2.41. The molecule has 2 aromatic carbocycles. The van der Waals surface area contributed by atoms with Gasteiger partial charge >= 0.3 is 5.97 Å². The minimum atomic E-state index is -1.52. The number of aliphatic carboxylic acids is 1. The van der Waals surface area contributed by atoms with Crippen LogP contribution in [0.5, 0.6) is 17.2 Å². The zero-order chi connectivity index (χ0) is 22.8. The molecule has 1 unspecified atom stereocenters. The summed E-state index contributed by atoms with van der Waals surface area (Å²) in [7, 11) is 0. The average Bonchev–Trinajstić information content (AvgIpc) is 2.66. The van der Waals surface area contributed by atoms with E-state index >= 15 is 0 Å². The molecule has 2 aromatic rings. The summed E-state index contributed by atoms with van der Waals surface area (Å²) in [5.41, 5.74) is 0.399. The number of carbonyl (C=O) groups is 2. The van der Waals surface area contributed by atoms with Crippen LogP contribution in [0.15, 0.2) is 33.2 Å². The number of aryl methyl sites for hydroxylation is 1. The first-order chi connectivity index (χ1) is 13.9. The molecular formula is C22H25Br2NO5. The lowest BCUT2D eigenvalue weighted by molar-refractivity contribution is -0.152. The molecule has 0 aliphatic rings. The molecule has 30 heavy (non-hydrogen) atoms. The molecule has 8 heteroatoms. The maximum absolute atomic E-state index is 12.5. The van der Waals surface area contributed by atoms with E-state index in [9.17, 15) is 19.8 Å². The SMILES string of the molecule is CCC(C)(C(=O)O)C(=O)Nc1cc(Br)c(Oc2cc(C)c(O)c(C(C)C)c2)c(Br)c1. The maximum Gasteiger partial charge on any atom is 0.318 e. The normalized spacial score (nSPS) is 13.1. The van der Waals surface area contributed by atoms with Crippen LogP contribution < -0.4 is 10.1 Å². The van der Waals surface area contributed by atoms with Crippen molar-refractivity contribution in [3.63, 3.8) is 0 Å². The predicted molar refractivity (Wildman–Crippen MR) is 124 cm³/mol. The Morgan fingerprint density at radius 3 is 2.20 bits per heavy atom. The van der Waals surface area contributed by atoms with Gasteiger partial charge in [-0.3, -0.25) is 9.59 Å². The smallest absolute Gasteiger partial charge is 0.318 e. The van der Waals surface area contributed by atoms with E-state index in [2.05, 4.69) is 37.2 Å². The van der Waals surface area contributed by atoms with Gasteiger partial charge in [0.15, 0.2) is 5.75 Å². The Hall–Kier alpha value is -2.06. The third kappa shape index (κ3) is 4.98. The summed E-state index contributed by atoms with van der Waals surface area (Å²) in [6.45, 7) is 8.84. The number of aromatic hydroxyl groups is 1. The predicted octanol–water partition coefficient (Wildman–Crippen LogP) is 6.58. The number of nitrogens with one attached hydrogen (secondary N) is 1. The fraction of sp³-hybridized carbons (Fsp3) is 0.364. The summed E-state index contributed by atoms with van der Waals surface area (Å²) in [5, 5.41) is 22.3. The molecule has 0 spiro atoms. The van der Waals surface area contributed by atoms with E-state index in [0.29, 0.717) is 31.7 Å². The molecule has 0 heterocycles. The molecule has 0 fully saturated rings. The van der Waals surface area contributed by atoms with E-state index in [4.69, 9.17) is 4.74 Å². The molecule has 1 amide bonds. The van der Waals surface area contributed by atoms with Gasteiger partial charge in [-0.05, 0) is 87.9 Å². The van der Waals surface area contributed by atoms with Crippen LogP contribution in [0.25, 0.3) is 0 Å². The summed E-state index contributed by atoms with van der Waals surface area (Å²) in [4.78, 5) is 24.0. The number of hydrogen-bond donors (Lipinski definition) is 3. The van der Waals surface area contributed by atoms with Crippen LogP contribution >= 0.6 is 31.9 Å². The number of halogens is 2. The molecule has 0 radical (unpaired) electrons. The van der Waals surface area contributed by atoms with Crippen LogP contribution in [0.2, 0.25) is 0 Å². The number of carbonyl (C=O) groups excluding carboxylic acids is 1. The monoisotopic (exact) mass is 541 g/mol. The Morgan fingerprint density at radius 1 is 1.17 bits per heavy atom. The van der Waals surface area contributed by atoms with Crippen molar-refractivity contribution in [2.75, 3.05) is 5.32 Å². The highest BCUT2D eigenvalue weighted by atomic mass is 79.9. The van der Waals surface area contributed by atoms with Crippen molar-refractivity contribution in [2.24, 2.45) is 5.41 Å². The van der Waals surface area contributed by atoms with Gasteiger partial charge in [-0.25, -0.2) is 0 Å². The van der Waals surface area contributed by atoms with E-state index < -0.39 is 17.3 Å². The Morgan fingerprint density at radius 2 is 1.73 bits per heavy atom. The van der Waals surface area contributed by atoms with Gasteiger partial charge in [0.1, 0.15) is 16.9 Å². The van der Waals surface area contributed by atoms with Gasteiger partial charge in [0.25, 0.3) is 0 Å². The molecule has 3 N–H and O–H groups in total. The van der Waals surface area contributed by atoms with Crippen molar-refractivity contribution < 1.29 is 24.5 Å². The Labute approximate surface area is 192 Å². The number of rotatable bonds is 7. The molecule has 0 aliphatic carbocycles. The summed E-state index contributed by atoms with van der Waals surface area (Å²) in [6.07, 6.45) is 0.163. The highest BCUT2D eigenvalue weighted by Gasteiger charge is 2.39. The standard InChI is InChI=1S/C22H25Br2NO5/c1-6-22(5,21(28)29)20(27)25-13-8-16(23)19(17(24)9-13)30-14-7-12(4)18(26)15(10-14)11(2)3/h7-11,26H,6H2,1-5H3,(H,25,27)(H,28,29). The molecule has 0 saturated carbocycles. The third-order valence-electron chi connectivity index (χ3n) is 5.08. The number of carboxylic acids is 1. The lowest BCUT2D eigenvalue weighted by Gasteiger charge is -2.22. The van der Waals surface area contributed by atoms with Gasteiger partial charge in [-0.2, -0.15) is 0 Å². The van der Waals surface area contributed by atoms with Crippen molar-refractivity contribution in [1.29, 1.82) is 0 Å². The molecule has 2 rings (SSSR count). The van der Waals surface area contributed by atoms with Crippen LogP contribution in [0.4, 0.5) is 5.69 Å². The zero-order valence-electron chi connectivity index (χ0n) is 17.5. The van der Waals surface area contributed by atoms with Crippen molar-refractivity contribution in [1.82, 2.24) is 0 Å². The van der Waals surface area contributed by atoms with Gasteiger partial charge in [-0.15, -0.1) is 0 Å². The zero-order valence-corrected chi connectivity index (χ0v) is 20.6. The molecule has 0 bridgehead atoms.